The first-order valence-corrected chi connectivity index (χ1v) is 11.5. The summed E-state index contributed by atoms with van der Waals surface area (Å²) in [6.07, 6.45) is 0. The molecule has 1 aromatic heterocycles. The predicted octanol–water partition coefficient (Wildman–Crippen LogP) is 5.42. The highest BCUT2D eigenvalue weighted by atomic mass is 16.5. The first-order chi connectivity index (χ1) is 17.4. The molecule has 0 radical (unpaired) electrons. The van der Waals surface area contributed by atoms with E-state index >= 15 is 0 Å². The number of carbonyl (C=O) groups is 1. The van der Waals surface area contributed by atoms with Crippen LogP contribution in [0, 0.1) is 13.8 Å². The highest BCUT2D eigenvalue weighted by molar-refractivity contribution is 5.96. The van der Waals surface area contributed by atoms with Crippen molar-refractivity contribution in [2.45, 2.75) is 26.8 Å². The van der Waals surface area contributed by atoms with Crippen LogP contribution in [0.5, 0.6) is 5.75 Å². The average molecular weight is 484 g/mol. The lowest BCUT2D eigenvalue weighted by atomic mass is 10.2. The number of amides is 1. The van der Waals surface area contributed by atoms with Gasteiger partial charge in [-0.25, -0.2) is 0 Å². The molecule has 0 saturated carbocycles. The number of hydrogen-bond donors (Lipinski definition) is 4. The van der Waals surface area contributed by atoms with E-state index in [0.717, 1.165) is 22.5 Å². The SMILES string of the molecule is COc1cccc(NC(=O)[C@@H](C)Nc2nc(Nc3ccc(C)cc3)nc(Nc3ccc(C)cc3)n2)c1. The molecule has 0 unspecified atom stereocenters. The molecule has 0 aliphatic carbocycles. The fraction of sp³-hybridized carbons (Fsp3) is 0.185. The average Bonchev–Trinajstić information content (AvgIpc) is 2.87. The van der Waals surface area contributed by atoms with Crippen LogP contribution < -0.4 is 26.0 Å². The summed E-state index contributed by atoms with van der Waals surface area (Å²) in [6.45, 7) is 5.78. The van der Waals surface area contributed by atoms with Gasteiger partial charge in [0.2, 0.25) is 23.8 Å². The Morgan fingerprint density at radius 3 is 1.81 bits per heavy atom. The second kappa shape index (κ2) is 11.2. The van der Waals surface area contributed by atoms with E-state index in [1.165, 1.54) is 0 Å². The smallest absolute Gasteiger partial charge is 0.246 e. The first kappa shape index (κ1) is 24.5. The summed E-state index contributed by atoms with van der Waals surface area (Å²) in [7, 11) is 1.58. The van der Waals surface area contributed by atoms with E-state index in [-0.39, 0.29) is 11.9 Å². The lowest BCUT2D eigenvalue weighted by Gasteiger charge is -2.16. The molecule has 4 aromatic rings. The molecule has 0 aliphatic heterocycles. The molecule has 0 aliphatic rings. The van der Waals surface area contributed by atoms with E-state index in [2.05, 4.69) is 36.2 Å². The van der Waals surface area contributed by atoms with Crippen LogP contribution in [-0.4, -0.2) is 34.0 Å². The molecule has 0 fully saturated rings. The number of benzene rings is 3. The number of hydrogen-bond acceptors (Lipinski definition) is 8. The molecule has 1 amide bonds. The highest BCUT2D eigenvalue weighted by Gasteiger charge is 2.16. The Morgan fingerprint density at radius 1 is 0.750 bits per heavy atom. The predicted molar refractivity (Wildman–Crippen MR) is 143 cm³/mol. The van der Waals surface area contributed by atoms with Gasteiger partial charge in [0.25, 0.3) is 0 Å². The van der Waals surface area contributed by atoms with Gasteiger partial charge in [0.1, 0.15) is 11.8 Å². The quantitative estimate of drug-likeness (QED) is 0.249. The van der Waals surface area contributed by atoms with Gasteiger partial charge in [0.15, 0.2) is 0 Å². The van der Waals surface area contributed by atoms with E-state index in [1.807, 2.05) is 74.5 Å². The van der Waals surface area contributed by atoms with Gasteiger partial charge in [-0.05, 0) is 57.2 Å². The Morgan fingerprint density at radius 2 is 1.28 bits per heavy atom. The van der Waals surface area contributed by atoms with E-state index in [0.29, 0.717) is 23.3 Å². The minimum absolute atomic E-state index is 0.246. The van der Waals surface area contributed by atoms with E-state index in [1.54, 1.807) is 26.2 Å². The number of rotatable bonds is 9. The fourth-order valence-electron chi connectivity index (χ4n) is 3.29. The van der Waals surface area contributed by atoms with E-state index < -0.39 is 6.04 Å². The van der Waals surface area contributed by atoms with Gasteiger partial charge in [0, 0.05) is 23.1 Å². The molecule has 9 heteroatoms. The van der Waals surface area contributed by atoms with Crippen LogP contribution in [0.2, 0.25) is 0 Å². The Kier molecular flexibility index (Phi) is 7.60. The largest absolute Gasteiger partial charge is 0.497 e. The molecule has 184 valence electrons. The number of methoxy groups -OCH3 is 1. The Hall–Kier alpha value is -4.66. The van der Waals surface area contributed by atoms with Crippen LogP contribution in [0.1, 0.15) is 18.1 Å². The number of nitrogens with zero attached hydrogens (tertiary/aromatic N) is 3. The Balaban J connectivity index is 1.54. The molecule has 1 heterocycles. The van der Waals surface area contributed by atoms with Gasteiger partial charge in [0.05, 0.1) is 7.11 Å². The van der Waals surface area contributed by atoms with Gasteiger partial charge >= 0.3 is 0 Å². The minimum atomic E-state index is -0.627. The van der Waals surface area contributed by atoms with E-state index in [9.17, 15) is 4.79 Å². The summed E-state index contributed by atoms with van der Waals surface area (Å²) < 4.78 is 5.22. The zero-order chi connectivity index (χ0) is 25.5. The number of ether oxygens (including phenoxy) is 1. The molecule has 4 N–H and O–H groups in total. The summed E-state index contributed by atoms with van der Waals surface area (Å²) in [5.74, 6) is 1.34. The number of anilines is 6. The number of aryl methyl sites for hydroxylation is 2. The molecule has 4 rings (SSSR count). The third-order valence-electron chi connectivity index (χ3n) is 5.33. The maximum absolute atomic E-state index is 12.8. The van der Waals surface area contributed by atoms with Crippen molar-refractivity contribution in [1.82, 2.24) is 15.0 Å². The lowest BCUT2D eigenvalue weighted by Crippen LogP contribution is -2.32. The summed E-state index contributed by atoms with van der Waals surface area (Å²) in [5, 5.41) is 12.4. The maximum atomic E-state index is 12.8. The standard InChI is InChI=1S/C27H29N7O2/c1-17-8-12-20(13-9-17)30-26-32-25(33-27(34-26)31-21-14-10-18(2)11-15-21)28-19(3)24(35)29-22-6-5-7-23(16-22)36-4/h5-16,19H,1-4H3,(H,29,35)(H3,28,30,31,32,33,34)/t19-/m1/s1. The third kappa shape index (κ3) is 6.69. The van der Waals surface area contributed by atoms with Gasteiger partial charge in [-0.2, -0.15) is 15.0 Å². The second-order valence-corrected chi connectivity index (χ2v) is 8.38. The van der Waals surface area contributed by atoms with Crippen LogP contribution in [0.4, 0.5) is 34.9 Å². The number of carbonyl (C=O) groups excluding carboxylic acids is 1. The van der Waals surface area contributed by atoms with Crippen LogP contribution in [0.3, 0.4) is 0 Å². The highest BCUT2D eigenvalue weighted by Crippen LogP contribution is 2.21. The number of aromatic nitrogens is 3. The molecular formula is C27H29N7O2. The summed E-state index contributed by atoms with van der Waals surface area (Å²) >= 11 is 0. The molecule has 0 bridgehead atoms. The fourth-order valence-corrected chi connectivity index (χ4v) is 3.29. The third-order valence-corrected chi connectivity index (χ3v) is 5.33. The van der Waals surface area contributed by atoms with Crippen LogP contribution >= 0.6 is 0 Å². The molecule has 0 spiro atoms. The molecule has 1 atom stereocenters. The van der Waals surface area contributed by atoms with Gasteiger partial charge in [-0.15, -0.1) is 0 Å². The van der Waals surface area contributed by atoms with Gasteiger partial charge in [-0.3, -0.25) is 4.79 Å². The molecule has 0 saturated heterocycles. The van der Waals surface area contributed by atoms with Crippen LogP contribution in [0.25, 0.3) is 0 Å². The molecular weight excluding hydrogens is 454 g/mol. The summed E-state index contributed by atoms with van der Waals surface area (Å²) in [4.78, 5) is 26.3. The van der Waals surface area contributed by atoms with Crippen molar-refractivity contribution in [3.63, 3.8) is 0 Å². The maximum Gasteiger partial charge on any atom is 0.246 e. The van der Waals surface area contributed by atoms with Crippen molar-refractivity contribution in [2.24, 2.45) is 0 Å². The normalized spacial score (nSPS) is 11.3. The van der Waals surface area contributed by atoms with Gasteiger partial charge in [-0.1, -0.05) is 41.5 Å². The van der Waals surface area contributed by atoms with Crippen molar-refractivity contribution >= 4 is 40.8 Å². The molecule has 9 nitrogen and oxygen atoms in total. The lowest BCUT2D eigenvalue weighted by molar-refractivity contribution is -0.116. The summed E-state index contributed by atoms with van der Waals surface area (Å²) in [6, 6.07) is 22.3. The van der Waals surface area contributed by atoms with Crippen LogP contribution in [0.15, 0.2) is 72.8 Å². The molecule has 36 heavy (non-hydrogen) atoms. The van der Waals surface area contributed by atoms with Crippen molar-refractivity contribution in [3.05, 3.63) is 83.9 Å². The Labute approximate surface area is 210 Å². The first-order valence-electron chi connectivity index (χ1n) is 11.5. The van der Waals surface area contributed by atoms with E-state index in [4.69, 9.17) is 4.74 Å². The summed E-state index contributed by atoms with van der Waals surface area (Å²) in [5.41, 5.74) is 4.60. The Bertz CT molecular complexity index is 1260. The van der Waals surface area contributed by atoms with Crippen molar-refractivity contribution in [3.8, 4) is 5.75 Å². The monoisotopic (exact) mass is 483 g/mol. The molecule has 3 aromatic carbocycles. The number of nitrogens with one attached hydrogen (secondary N) is 4. The zero-order valence-electron chi connectivity index (χ0n) is 20.7. The van der Waals surface area contributed by atoms with Gasteiger partial charge < -0.3 is 26.0 Å². The second-order valence-electron chi connectivity index (χ2n) is 8.38. The van der Waals surface area contributed by atoms with Crippen molar-refractivity contribution in [1.29, 1.82) is 0 Å². The topological polar surface area (TPSA) is 113 Å². The van der Waals surface area contributed by atoms with Crippen molar-refractivity contribution in [2.75, 3.05) is 28.4 Å². The van der Waals surface area contributed by atoms with Crippen molar-refractivity contribution < 1.29 is 9.53 Å². The zero-order valence-corrected chi connectivity index (χ0v) is 20.7. The minimum Gasteiger partial charge on any atom is -0.497 e. The van der Waals surface area contributed by atoms with Crippen LogP contribution in [-0.2, 0) is 4.79 Å².